The smallest absolute Gasteiger partial charge is 0.326 e. The lowest BCUT2D eigenvalue weighted by Crippen LogP contribution is -2.34. The zero-order chi connectivity index (χ0) is 26.1. The van der Waals surface area contributed by atoms with Gasteiger partial charge in [-0.3, -0.25) is 9.47 Å². The van der Waals surface area contributed by atoms with Crippen molar-refractivity contribution >= 4 is 57.8 Å². The van der Waals surface area contributed by atoms with Crippen LogP contribution in [0.15, 0.2) is 54.7 Å². The van der Waals surface area contributed by atoms with Gasteiger partial charge >= 0.3 is 6.03 Å². The number of fused-ring (bicyclic) bond motifs is 3. The highest BCUT2D eigenvalue weighted by Gasteiger charge is 2.27. The van der Waals surface area contributed by atoms with Gasteiger partial charge in [0.15, 0.2) is 0 Å². The van der Waals surface area contributed by atoms with Gasteiger partial charge in [0, 0.05) is 49.9 Å². The first kappa shape index (κ1) is 25.7. The summed E-state index contributed by atoms with van der Waals surface area (Å²) in [5.74, 6) is -1.01. The predicted molar refractivity (Wildman–Crippen MR) is 143 cm³/mol. The maximum absolute atomic E-state index is 14.5. The number of amides is 1. The quantitative estimate of drug-likeness (QED) is 0.264. The van der Waals surface area contributed by atoms with Crippen molar-refractivity contribution in [3.05, 3.63) is 104 Å². The molecule has 0 bridgehead atoms. The number of benzene rings is 2. The van der Waals surface area contributed by atoms with E-state index in [2.05, 4.69) is 15.2 Å². The first-order valence-electron chi connectivity index (χ1n) is 11.5. The van der Waals surface area contributed by atoms with Crippen LogP contribution in [0.2, 0.25) is 15.2 Å². The molecular formula is C27H21Cl3F2N4O. The molecule has 190 valence electrons. The van der Waals surface area contributed by atoms with Crippen LogP contribution in [0.1, 0.15) is 22.4 Å². The molecule has 10 heteroatoms. The summed E-state index contributed by atoms with van der Waals surface area (Å²) in [6.07, 6.45) is 5.93. The first-order valence-corrected chi connectivity index (χ1v) is 12.7. The minimum Gasteiger partial charge on any atom is -0.333 e. The Labute approximate surface area is 227 Å². The fourth-order valence-electron chi connectivity index (χ4n) is 4.56. The van der Waals surface area contributed by atoms with Crippen molar-refractivity contribution in [3.63, 3.8) is 0 Å². The van der Waals surface area contributed by atoms with Gasteiger partial charge in [-0.2, -0.15) is 0 Å². The van der Waals surface area contributed by atoms with Crippen LogP contribution in [0.5, 0.6) is 0 Å². The summed E-state index contributed by atoms with van der Waals surface area (Å²) in [6.45, 7) is 2.06. The van der Waals surface area contributed by atoms with Gasteiger partial charge in [-0.05, 0) is 53.1 Å². The molecule has 0 spiro atoms. The Bertz CT molecular complexity index is 1540. The predicted octanol–water partition coefficient (Wildman–Crippen LogP) is 7.10. The van der Waals surface area contributed by atoms with Gasteiger partial charge in [-0.15, -0.1) is 0 Å². The van der Waals surface area contributed by atoms with E-state index in [4.69, 9.17) is 34.8 Å². The highest BCUT2D eigenvalue weighted by atomic mass is 35.5. The molecule has 0 atom stereocenters. The molecule has 4 aromatic rings. The van der Waals surface area contributed by atoms with Crippen LogP contribution in [-0.2, 0) is 19.5 Å². The summed E-state index contributed by atoms with van der Waals surface area (Å²) in [5, 5.41) is 3.93. The summed E-state index contributed by atoms with van der Waals surface area (Å²) in [7, 11) is 0. The van der Waals surface area contributed by atoms with Crippen LogP contribution in [-0.4, -0.2) is 33.6 Å². The minimum atomic E-state index is -0.539. The van der Waals surface area contributed by atoms with Gasteiger partial charge in [-0.1, -0.05) is 53.0 Å². The van der Waals surface area contributed by atoms with Crippen molar-refractivity contribution in [1.29, 1.82) is 0 Å². The van der Waals surface area contributed by atoms with Crippen LogP contribution in [0, 0.1) is 11.6 Å². The van der Waals surface area contributed by atoms with Crippen LogP contribution < -0.4 is 5.32 Å². The number of nitrogens with one attached hydrogen (secondary N) is 1. The fraction of sp³-hybridized carbons (Fsp3) is 0.185. The Morgan fingerprint density at radius 1 is 1.05 bits per heavy atom. The van der Waals surface area contributed by atoms with Crippen molar-refractivity contribution < 1.29 is 13.6 Å². The third kappa shape index (κ3) is 5.50. The normalized spacial score (nSPS) is 13.9. The largest absolute Gasteiger partial charge is 0.333 e. The number of aromatic nitrogens is 2. The lowest BCUT2D eigenvalue weighted by atomic mass is 10.0. The Morgan fingerprint density at radius 2 is 1.86 bits per heavy atom. The number of hydrogen-bond donors (Lipinski definition) is 1. The molecule has 0 saturated carbocycles. The molecule has 1 aliphatic rings. The molecule has 5 nitrogen and oxygen atoms in total. The molecule has 0 aliphatic carbocycles. The zero-order valence-electron chi connectivity index (χ0n) is 19.4. The first-order chi connectivity index (χ1) is 17.8. The van der Waals surface area contributed by atoms with Crippen LogP contribution >= 0.6 is 34.8 Å². The molecule has 1 amide bonds. The van der Waals surface area contributed by atoms with Crippen molar-refractivity contribution in [2.24, 2.45) is 0 Å². The van der Waals surface area contributed by atoms with E-state index in [-0.39, 0.29) is 22.6 Å². The number of nitrogens with zero attached hydrogens (tertiary/aromatic N) is 3. The summed E-state index contributed by atoms with van der Waals surface area (Å²) < 4.78 is 29.8. The summed E-state index contributed by atoms with van der Waals surface area (Å²) >= 11 is 17.8. The molecule has 3 heterocycles. The molecule has 1 aliphatic heterocycles. The Hall–Kier alpha value is -2.97. The van der Waals surface area contributed by atoms with E-state index in [9.17, 15) is 13.6 Å². The van der Waals surface area contributed by atoms with Gasteiger partial charge < -0.3 is 5.32 Å². The van der Waals surface area contributed by atoms with E-state index in [1.165, 1.54) is 24.3 Å². The number of carbonyl (C=O) groups is 1. The van der Waals surface area contributed by atoms with Gasteiger partial charge in [0.1, 0.15) is 16.8 Å². The lowest BCUT2D eigenvalue weighted by Gasteiger charge is -2.27. The van der Waals surface area contributed by atoms with Crippen molar-refractivity contribution in [3.8, 4) is 0 Å². The van der Waals surface area contributed by atoms with Crippen molar-refractivity contribution in [2.45, 2.75) is 19.5 Å². The highest BCUT2D eigenvalue weighted by Crippen LogP contribution is 2.34. The van der Waals surface area contributed by atoms with Crippen LogP contribution in [0.25, 0.3) is 17.0 Å². The maximum Gasteiger partial charge on any atom is 0.326 e. The Balaban J connectivity index is 1.39. The van der Waals surface area contributed by atoms with E-state index < -0.39 is 11.6 Å². The average molecular weight is 562 g/mol. The molecule has 2 aromatic carbocycles. The SMILES string of the molecule is O=C(NCc1ccnc(Cl)c1)n1c2c(c3cc(F)c(Cl)cc31)CN(CC=Cc1ccc(Cl)c(F)c1)CC2. The number of halogens is 5. The molecule has 1 N–H and O–H groups in total. The van der Waals surface area contributed by atoms with E-state index in [1.54, 1.807) is 29.0 Å². The summed E-state index contributed by atoms with van der Waals surface area (Å²) in [4.78, 5) is 19.4. The third-order valence-corrected chi connectivity index (χ3v) is 7.13. The van der Waals surface area contributed by atoms with E-state index >= 15 is 0 Å². The van der Waals surface area contributed by atoms with E-state index in [1.807, 2.05) is 12.2 Å². The van der Waals surface area contributed by atoms with Gasteiger partial charge in [0.05, 0.1) is 15.6 Å². The third-order valence-electron chi connectivity index (χ3n) is 6.32. The molecule has 5 rings (SSSR count). The van der Waals surface area contributed by atoms with Gasteiger partial charge in [-0.25, -0.2) is 18.6 Å². The number of hydrogen-bond acceptors (Lipinski definition) is 3. The molecule has 37 heavy (non-hydrogen) atoms. The number of rotatable bonds is 5. The average Bonchev–Trinajstić information content (AvgIpc) is 3.17. The number of carbonyl (C=O) groups excluding carboxylic acids is 1. The lowest BCUT2D eigenvalue weighted by molar-refractivity contribution is 0.240. The Kier molecular flexibility index (Phi) is 7.49. The number of pyridine rings is 1. The molecule has 0 fully saturated rings. The second-order valence-corrected chi connectivity index (χ2v) is 9.95. The Morgan fingerprint density at radius 3 is 2.65 bits per heavy atom. The van der Waals surface area contributed by atoms with Crippen LogP contribution in [0.4, 0.5) is 13.6 Å². The van der Waals surface area contributed by atoms with E-state index in [0.717, 1.165) is 16.8 Å². The summed E-state index contributed by atoms with van der Waals surface area (Å²) in [5.41, 5.74) is 3.77. The van der Waals surface area contributed by atoms with E-state index in [0.29, 0.717) is 47.7 Å². The molecule has 0 radical (unpaired) electrons. The maximum atomic E-state index is 14.5. The zero-order valence-corrected chi connectivity index (χ0v) is 21.7. The molecular weight excluding hydrogens is 541 g/mol. The molecule has 0 unspecified atom stereocenters. The molecule has 0 saturated heterocycles. The fourth-order valence-corrected chi connectivity index (χ4v) is 5.03. The van der Waals surface area contributed by atoms with Gasteiger partial charge in [0.2, 0.25) is 0 Å². The standard InChI is InChI=1S/C27H21Cl3F2N4O/c28-20-4-3-16(10-22(20)31)2-1-8-35-9-6-24-19(15-35)18-12-23(32)21(29)13-25(18)36(24)27(37)34-14-17-5-7-33-26(30)11-17/h1-5,7,10-13H,6,8-9,14-15H2,(H,34,37). The molecule has 2 aromatic heterocycles. The van der Waals surface area contributed by atoms with Crippen molar-refractivity contribution in [1.82, 2.24) is 19.8 Å². The highest BCUT2D eigenvalue weighted by molar-refractivity contribution is 6.31. The summed E-state index contributed by atoms with van der Waals surface area (Å²) in [6, 6.07) is 10.6. The topological polar surface area (TPSA) is 50.2 Å². The second kappa shape index (κ2) is 10.8. The van der Waals surface area contributed by atoms with Gasteiger partial charge in [0.25, 0.3) is 0 Å². The van der Waals surface area contributed by atoms with Crippen molar-refractivity contribution in [2.75, 3.05) is 13.1 Å². The monoisotopic (exact) mass is 560 g/mol. The second-order valence-electron chi connectivity index (χ2n) is 8.75. The minimum absolute atomic E-state index is 0.0488. The van der Waals surface area contributed by atoms with Crippen LogP contribution in [0.3, 0.4) is 0 Å².